The number of hydrogen-bond donors (Lipinski definition) is 1. The average Bonchev–Trinajstić information content (AvgIpc) is 3.10. The van der Waals surface area contributed by atoms with Gasteiger partial charge in [-0.05, 0) is 73.2 Å². The molecule has 0 spiro atoms. The lowest BCUT2D eigenvalue weighted by atomic mass is 10.1. The fourth-order valence-corrected chi connectivity index (χ4v) is 4.07. The third-order valence-electron chi connectivity index (χ3n) is 5.44. The summed E-state index contributed by atoms with van der Waals surface area (Å²) in [6, 6.07) is 18.9. The number of aryl methyl sites for hydroxylation is 1. The van der Waals surface area contributed by atoms with E-state index in [1.54, 1.807) is 78.0 Å². The normalized spacial score (nSPS) is 10.7. The fraction of sp³-hybridized carbons (Fsp3) is 0.115. The van der Waals surface area contributed by atoms with E-state index >= 15 is 0 Å². The van der Waals surface area contributed by atoms with Gasteiger partial charge in [-0.25, -0.2) is 4.79 Å². The zero-order chi connectivity index (χ0) is 24.2. The minimum absolute atomic E-state index is 0.112. The average molecular weight is 493 g/mol. The Labute approximate surface area is 207 Å². The minimum atomic E-state index is -0.348. The number of ketones is 1. The van der Waals surface area contributed by atoms with Gasteiger partial charge >= 0.3 is 6.03 Å². The van der Waals surface area contributed by atoms with Gasteiger partial charge in [0, 0.05) is 40.2 Å². The van der Waals surface area contributed by atoms with Crippen molar-refractivity contribution in [2.24, 2.45) is 7.05 Å². The van der Waals surface area contributed by atoms with Crippen LogP contribution in [-0.2, 0) is 13.6 Å². The van der Waals surface area contributed by atoms with E-state index < -0.39 is 0 Å². The van der Waals surface area contributed by atoms with Gasteiger partial charge in [-0.1, -0.05) is 29.3 Å². The molecule has 0 saturated carbocycles. The summed E-state index contributed by atoms with van der Waals surface area (Å²) >= 11 is 12.0. The van der Waals surface area contributed by atoms with Crippen LogP contribution in [0.3, 0.4) is 0 Å². The largest absolute Gasteiger partial charge is 0.343 e. The molecule has 0 atom stereocenters. The Morgan fingerprint density at radius 1 is 1.00 bits per heavy atom. The van der Waals surface area contributed by atoms with E-state index in [1.165, 1.54) is 0 Å². The summed E-state index contributed by atoms with van der Waals surface area (Å²) in [5.41, 5.74) is 3.90. The number of urea groups is 1. The van der Waals surface area contributed by atoms with Gasteiger partial charge in [0.25, 0.3) is 0 Å². The number of halogens is 2. The Balaban J connectivity index is 1.65. The molecule has 2 aromatic carbocycles. The number of rotatable bonds is 6. The van der Waals surface area contributed by atoms with Crippen LogP contribution in [0.2, 0.25) is 10.0 Å². The molecule has 0 radical (unpaired) electrons. The number of benzene rings is 2. The number of carbonyl (C=O) groups is 2. The summed E-state index contributed by atoms with van der Waals surface area (Å²) in [5.74, 6) is -0.112. The standard InChI is InChI=1S/C26H22Cl2N4O2/c1-17-13-23(31(2)24(17)25(33)18-8-10-19(27)11-9-18)16-32(22-7-4-12-29-15-22)26(34)30-21-6-3-5-20(28)14-21/h3-15H,16H2,1-2H3,(H,30,34). The van der Waals surface area contributed by atoms with Crippen LogP contribution >= 0.6 is 23.2 Å². The Kier molecular flexibility index (Phi) is 7.01. The quantitative estimate of drug-likeness (QED) is 0.312. The summed E-state index contributed by atoms with van der Waals surface area (Å²) in [7, 11) is 1.82. The highest BCUT2D eigenvalue weighted by molar-refractivity contribution is 6.31. The summed E-state index contributed by atoms with van der Waals surface area (Å²) in [5, 5.41) is 3.97. The second-order valence-corrected chi connectivity index (χ2v) is 8.67. The number of carbonyl (C=O) groups excluding carboxylic acids is 2. The van der Waals surface area contributed by atoms with E-state index in [-0.39, 0.29) is 18.4 Å². The number of anilines is 2. The van der Waals surface area contributed by atoms with Crippen molar-refractivity contribution in [1.29, 1.82) is 0 Å². The molecule has 4 aromatic rings. The maximum atomic E-state index is 13.3. The third kappa shape index (κ3) is 5.14. The van der Waals surface area contributed by atoms with Crippen molar-refractivity contribution in [3.63, 3.8) is 0 Å². The monoisotopic (exact) mass is 492 g/mol. The molecule has 0 saturated heterocycles. The van der Waals surface area contributed by atoms with Crippen molar-refractivity contribution in [3.05, 3.63) is 112 Å². The molecule has 0 bridgehead atoms. The van der Waals surface area contributed by atoms with Gasteiger partial charge in [0.2, 0.25) is 5.78 Å². The first-order chi connectivity index (χ1) is 16.3. The summed E-state index contributed by atoms with van der Waals surface area (Å²) in [6.07, 6.45) is 3.26. The molecular formula is C26H22Cl2N4O2. The Morgan fingerprint density at radius 2 is 1.76 bits per heavy atom. The summed E-state index contributed by atoms with van der Waals surface area (Å²) in [4.78, 5) is 32.2. The lowest BCUT2D eigenvalue weighted by Crippen LogP contribution is -2.35. The minimum Gasteiger partial charge on any atom is -0.343 e. The van der Waals surface area contributed by atoms with E-state index in [2.05, 4.69) is 10.3 Å². The molecule has 172 valence electrons. The zero-order valence-electron chi connectivity index (χ0n) is 18.6. The maximum absolute atomic E-state index is 13.3. The maximum Gasteiger partial charge on any atom is 0.326 e. The van der Waals surface area contributed by atoms with Crippen LogP contribution < -0.4 is 10.2 Å². The highest BCUT2D eigenvalue weighted by Gasteiger charge is 2.23. The molecular weight excluding hydrogens is 471 g/mol. The first-order valence-electron chi connectivity index (χ1n) is 10.5. The summed E-state index contributed by atoms with van der Waals surface area (Å²) < 4.78 is 1.82. The Bertz CT molecular complexity index is 1330. The van der Waals surface area contributed by atoms with E-state index in [4.69, 9.17) is 23.2 Å². The van der Waals surface area contributed by atoms with Gasteiger partial charge < -0.3 is 9.88 Å². The first-order valence-corrected chi connectivity index (χ1v) is 11.3. The molecule has 0 fully saturated rings. The number of pyridine rings is 1. The molecule has 2 heterocycles. The van der Waals surface area contributed by atoms with Crippen LogP contribution in [0.25, 0.3) is 0 Å². The molecule has 0 aliphatic carbocycles. The van der Waals surface area contributed by atoms with E-state index in [0.29, 0.717) is 32.7 Å². The van der Waals surface area contributed by atoms with Crippen LogP contribution in [0.1, 0.15) is 27.3 Å². The van der Waals surface area contributed by atoms with Crippen molar-refractivity contribution < 1.29 is 9.59 Å². The highest BCUT2D eigenvalue weighted by Crippen LogP contribution is 2.24. The second-order valence-electron chi connectivity index (χ2n) is 7.80. The first kappa shape index (κ1) is 23.5. The number of nitrogens with one attached hydrogen (secondary N) is 1. The van der Waals surface area contributed by atoms with Crippen molar-refractivity contribution in [1.82, 2.24) is 9.55 Å². The van der Waals surface area contributed by atoms with Crippen LogP contribution in [0.15, 0.2) is 79.1 Å². The lowest BCUT2D eigenvalue weighted by Gasteiger charge is -2.23. The predicted octanol–water partition coefficient (Wildman–Crippen LogP) is 6.51. The number of aromatic nitrogens is 2. The Morgan fingerprint density at radius 3 is 2.44 bits per heavy atom. The number of amides is 2. The van der Waals surface area contributed by atoms with E-state index in [9.17, 15) is 9.59 Å². The third-order valence-corrected chi connectivity index (χ3v) is 5.93. The van der Waals surface area contributed by atoms with Crippen molar-refractivity contribution >= 4 is 46.4 Å². The molecule has 34 heavy (non-hydrogen) atoms. The van der Waals surface area contributed by atoms with E-state index in [1.807, 2.05) is 24.6 Å². The highest BCUT2D eigenvalue weighted by atomic mass is 35.5. The van der Waals surface area contributed by atoms with Crippen molar-refractivity contribution in [2.45, 2.75) is 13.5 Å². The molecule has 2 amide bonds. The molecule has 6 nitrogen and oxygen atoms in total. The SMILES string of the molecule is Cc1cc(CN(C(=O)Nc2cccc(Cl)c2)c2cccnc2)n(C)c1C(=O)c1ccc(Cl)cc1. The topological polar surface area (TPSA) is 67.2 Å². The predicted molar refractivity (Wildman–Crippen MR) is 136 cm³/mol. The lowest BCUT2D eigenvalue weighted by molar-refractivity contribution is 0.103. The van der Waals surface area contributed by atoms with Gasteiger partial charge in [-0.15, -0.1) is 0 Å². The van der Waals surface area contributed by atoms with Gasteiger partial charge in [0.15, 0.2) is 0 Å². The van der Waals surface area contributed by atoms with Crippen molar-refractivity contribution in [2.75, 3.05) is 10.2 Å². The molecule has 2 aromatic heterocycles. The van der Waals surface area contributed by atoms with Crippen LogP contribution in [0.4, 0.5) is 16.2 Å². The molecule has 0 aliphatic heterocycles. The molecule has 8 heteroatoms. The van der Waals surface area contributed by atoms with Gasteiger partial charge in [-0.2, -0.15) is 0 Å². The molecule has 1 N–H and O–H groups in total. The number of nitrogens with zero attached hydrogens (tertiary/aromatic N) is 3. The molecule has 0 unspecified atom stereocenters. The van der Waals surface area contributed by atoms with Crippen LogP contribution in [0.5, 0.6) is 0 Å². The van der Waals surface area contributed by atoms with Crippen LogP contribution in [0, 0.1) is 6.92 Å². The van der Waals surface area contributed by atoms with Crippen LogP contribution in [-0.4, -0.2) is 21.4 Å². The van der Waals surface area contributed by atoms with Gasteiger partial charge in [-0.3, -0.25) is 14.7 Å². The van der Waals surface area contributed by atoms with E-state index in [0.717, 1.165) is 11.3 Å². The summed E-state index contributed by atoms with van der Waals surface area (Å²) in [6.45, 7) is 2.11. The van der Waals surface area contributed by atoms with Gasteiger partial charge in [0.05, 0.1) is 24.1 Å². The Hall–Kier alpha value is -3.61. The smallest absolute Gasteiger partial charge is 0.326 e. The van der Waals surface area contributed by atoms with Crippen molar-refractivity contribution in [3.8, 4) is 0 Å². The van der Waals surface area contributed by atoms with Gasteiger partial charge in [0.1, 0.15) is 0 Å². The second kappa shape index (κ2) is 10.1. The molecule has 4 rings (SSSR count). The zero-order valence-corrected chi connectivity index (χ0v) is 20.1. The number of hydrogen-bond acceptors (Lipinski definition) is 3. The molecule has 0 aliphatic rings. The fourth-order valence-electron chi connectivity index (χ4n) is 3.76.